The van der Waals surface area contributed by atoms with E-state index >= 15 is 0 Å². The van der Waals surface area contributed by atoms with Crippen LogP contribution in [0, 0.1) is 17.8 Å². The summed E-state index contributed by atoms with van der Waals surface area (Å²) in [4.78, 5) is 44.1. The predicted octanol–water partition coefficient (Wildman–Crippen LogP) is 2.25. The number of fused-ring (bicyclic) bond motifs is 1. The molecule has 7 atom stereocenters. The fourth-order valence-electron chi connectivity index (χ4n) is 5.76. The Hall–Kier alpha value is -1.80. The molecular formula is C24H36N2O5S. The molecule has 0 radical (unpaired) electrons. The topological polar surface area (TPSA) is 87.1 Å². The Morgan fingerprint density at radius 3 is 2.59 bits per heavy atom. The smallest absolute Gasteiger partial charge is 0.310 e. The second kappa shape index (κ2) is 9.59. The highest BCUT2D eigenvalue weighted by atomic mass is 32.2. The van der Waals surface area contributed by atoms with Crippen molar-refractivity contribution in [1.29, 1.82) is 0 Å². The molecule has 8 heteroatoms. The van der Waals surface area contributed by atoms with Gasteiger partial charge in [0.25, 0.3) is 0 Å². The molecular weight excluding hydrogens is 428 g/mol. The van der Waals surface area contributed by atoms with Crippen molar-refractivity contribution in [3.8, 4) is 0 Å². The summed E-state index contributed by atoms with van der Waals surface area (Å²) in [7, 11) is 0. The van der Waals surface area contributed by atoms with Crippen LogP contribution >= 0.6 is 11.8 Å². The van der Waals surface area contributed by atoms with Crippen LogP contribution in [-0.4, -0.2) is 80.6 Å². The number of likely N-dealkylation sites (tertiary alicyclic amines) is 1. The summed E-state index contributed by atoms with van der Waals surface area (Å²) >= 11 is 1.61. The summed E-state index contributed by atoms with van der Waals surface area (Å²) in [5, 5.41) is 9.88. The van der Waals surface area contributed by atoms with Crippen molar-refractivity contribution in [1.82, 2.24) is 9.80 Å². The van der Waals surface area contributed by atoms with Gasteiger partial charge >= 0.3 is 5.97 Å². The highest BCUT2D eigenvalue weighted by Crippen LogP contribution is 2.69. The predicted molar refractivity (Wildman–Crippen MR) is 125 cm³/mol. The number of hydrogen-bond acceptors (Lipinski definition) is 6. The lowest BCUT2D eigenvalue weighted by molar-refractivity contribution is -0.154. The maximum Gasteiger partial charge on any atom is 0.310 e. The van der Waals surface area contributed by atoms with Crippen molar-refractivity contribution < 1.29 is 24.2 Å². The normalized spacial score (nSPS) is 33.9. The molecule has 3 saturated heterocycles. The van der Waals surface area contributed by atoms with Gasteiger partial charge in [-0.15, -0.1) is 24.9 Å². The van der Waals surface area contributed by atoms with Crippen LogP contribution in [0.25, 0.3) is 0 Å². The Morgan fingerprint density at radius 1 is 1.34 bits per heavy atom. The molecule has 178 valence electrons. The van der Waals surface area contributed by atoms with Crippen molar-refractivity contribution in [2.45, 2.75) is 68.7 Å². The Labute approximate surface area is 195 Å². The van der Waals surface area contributed by atoms with Crippen LogP contribution in [-0.2, 0) is 19.1 Å². The molecule has 3 aliphatic rings. The van der Waals surface area contributed by atoms with Gasteiger partial charge in [0.1, 0.15) is 6.04 Å². The molecule has 3 aliphatic heterocycles. The quantitative estimate of drug-likeness (QED) is 0.303. The minimum atomic E-state index is -0.736. The lowest BCUT2D eigenvalue weighted by atomic mass is 9.66. The Bertz CT molecular complexity index is 786. The number of aliphatic hydroxyl groups excluding tert-OH is 1. The van der Waals surface area contributed by atoms with Crippen LogP contribution in [0.2, 0.25) is 0 Å². The minimum Gasteiger partial charge on any atom is -0.465 e. The number of carbonyl (C=O) groups excluding carboxylic acids is 3. The van der Waals surface area contributed by atoms with Crippen molar-refractivity contribution >= 4 is 29.5 Å². The first kappa shape index (κ1) is 24.8. The van der Waals surface area contributed by atoms with Gasteiger partial charge in [0, 0.05) is 17.8 Å². The number of carbonyl (C=O) groups is 3. The standard InChI is InChI=1S/C24H36N2O5S/c1-7-9-11-31-23(30)18-17-12-15(5)24(32-17)19(18)21(28)26(16(6)13-27)20(24)22(29)25(10-8-2)14(3)4/h7-8,14-20,27H,1-2,9-13H2,3-6H3/t15?,16-,17-,18+,19+,20?,24?/m1/s1. The summed E-state index contributed by atoms with van der Waals surface area (Å²) in [6, 6.07) is -1.34. The lowest BCUT2D eigenvalue weighted by Gasteiger charge is -2.42. The van der Waals surface area contributed by atoms with Crippen molar-refractivity contribution in [3.05, 3.63) is 25.3 Å². The van der Waals surface area contributed by atoms with E-state index in [4.69, 9.17) is 4.74 Å². The van der Waals surface area contributed by atoms with E-state index in [9.17, 15) is 19.5 Å². The first-order valence-corrected chi connectivity index (χ1v) is 12.3. The molecule has 7 nitrogen and oxygen atoms in total. The maximum absolute atomic E-state index is 14.0. The van der Waals surface area contributed by atoms with Gasteiger partial charge in [-0.25, -0.2) is 0 Å². The molecule has 32 heavy (non-hydrogen) atoms. The summed E-state index contributed by atoms with van der Waals surface area (Å²) in [5.41, 5.74) is 0. The Kier molecular flexibility index (Phi) is 7.44. The van der Waals surface area contributed by atoms with Gasteiger partial charge in [0.15, 0.2) is 0 Å². The van der Waals surface area contributed by atoms with Crippen molar-refractivity contribution in [3.63, 3.8) is 0 Å². The third kappa shape index (κ3) is 3.69. The third-order valence-corrected chi connectivity index (χ3v) is 9.30. The average Bonchev–Trinajstić information content (AvgIpc) is 3.34. The third-order valence-electron chi connectivity index (χ3n) is 7.23. The molecule has 0 aromatic carbocycles. The summed E-state index contributed by atoms with van der Waals surface area (Å²) in [5.74, 6) is -1.86. The molecule has 2 amide bonds. The molecule has 0 aromatic rings. The minimum absolute atomic E-state index is 0.0519. The second-order valence-electron chi connectivity index (χ2n) is 9.45. The molecule has 3 rings (SSSR count). The number of rotatable bonds is 10. The number of nitrogens with zero attached hydrogens (tertiary/aromatic N) is 2. The number of aliphatic hydroxyl groups is 1. The van der Waals surface area contributed by atoms with Crippen LogP contribution in [0.3, 0.4) is 0 Å². The first-order chi connectivity index (χ1) is 15.2. The van der Waals surface area contributed by atoms with E-state index in [0.717, 1.165) is 6.42 Å². The van der Waals surface area contributed by atoms with Crippen LogP contribution in [0.15, 0.2) is 25.3 Å². The monoisotopic (exact) mass is 464 g/mol. The fraction of sp³-hybridized carbons (Fsp3) is 0.708. The van der Waals surface area contributed by atoms with Crippen LogP contribution in [0.4, 0.5) is 0 Å². The number of hydrogen-bond donors (Lipinski definition) is 1. The van der Waals surface area contributed by atoms with E-state index in [1.54, 1.807) is 40.6 Å². The molecule has 3 fully saturated rings. The maximum atomic E-state index is 14.0. The largest absolute Gasteiger partial charge is 0.465 e. The molecule has 3 heterocycles. The van der Waals surface area contributed by atoms with E-state index in [2.05, 4.69) is 20.1 Å². The fourth-order valence-corrected chi connectivity index (χ4v) is 8.15. The summed E-state index contributed by atoms with van der Waals surface area (Å²) < 4.78 is 4.79. The van der Waals surface area contributed by atoms with Crippen molar-refractivity contribution in [2.24, 2.45) is 17.8 Å². The highest BCUT2D eigenvalue weighted by molar-refractivity contribution is 8.02. The molecule has 1 spiro atoms. The van der Waals surface area contributed by atoms with E-state index in [-0.39, 0.29) is 48.2 Å². The van der Waals surface area contributed by atoms with Gasteiger partial charge in [0.05, 0.1) is 35.8 Å². The van der Waals surface area contributed by atoms with E-state index in [1.807, 2.05) is 13.8 Å². The molecule has 0 aliphatic carbocycles. The van der Waals surface area contributed by atoms with Crippen molar-refractivity contribution in [2.75, 3.05) is 19.8 Å². The van der Waals surface area contributed by atoms with Gasteiger partial charge in [0.2, 0.25) is 11.8 Å². The van der Waals surface area contributed by atoms with Crippen LogP contribution < -0.4 is 0 Å². The zero-order valence-corrected chi connectivity index (χ0v) is 20.3. The Morgan fingerprint density at radius 2 is 2.03 bits per heavy atom. The summed E-state index contributed by atoms with van der Waals surface area (Å²) in [6.45, 7) is 15.5. The van der Waals surface area contributed by atoms with Gasteiger partial charge < -0.3 is 19.6 Å². The molecule has 1 N–H and O–H groups in total. The highest BCUT2D eigenvalue weighted by Gasteiger charge is 2.77. The molecule has 0 aromatic heterocycles. The second-order valence-corrected chi connectivity index (χ2v) is 11.0. The van der Waals surface area contributed by atoms with Gasteiger partial charge in [-0.1, -0.05) is 19.1 Å². The first-order valence-electron chi connectivity index (χ1n) is 11.5. The average molecular weight is 465 g/mol. The van der Waals surface area contributed by atoms with E-state index < -0.39 is 28.7 Å². The SMILES string of the molecule is C=CCCOC(=O)[C@@H]1[C@H]2C(=O)N([C@H](C)CO)C(C(=O)N(CC=C)C(C)C)C23S[C@@H]1CC3C. The molecule has 3 unspecified atom stereocenters. The number of amides is 2. The van der Waals surface area contributed by atoms with Crippen LogP contribution in [0.5, 0.6) is 0 Å². The number of esters is 1. The molecule has 0 saturated carbocycles. The van der Waals surface area contributed by atoms with Gasteiger partial charge in [-0.2, -0.15) is 0 Å². The van der Waals surface area contributed by atoms with Crippen LogP contribution in [0.1, 0.15) is 40.5 Å². The number of ether oxygens (including phenoxy) is 1. The Balaban J connectivity index is 2.06. The van der Waals surface area contributed by atoms with Gasteiger partial charge in [-0.3, -0.25) is 14.4 Å². The summed E-state index contributed by atoms with van der Waals surface area (Å²) in [6.07, 6.45) is 4.68. The van der Waals surface area contributed by atoms with E-state index in [0.29, 0.717) is 13.0 Å². The zero-order valence-electron chi connectivity index (χ0n) is 19.5. The number of thioether (sulfide) groups is 1. The van der Waals surface area contributed by atoms with E-state index in [1.165, 1.54) is 0 Å². The van der Waals surface area contributed by atoms with Gasteiger partial charge in [-0.05, 0) is 39.5 Å². The zero-order chi connectivity index (χ0) is 23.8. The lowest BCUT2D eigenvalue weighted by Crippen LogP contribution is -2.59. The molecule has 2 bridgehead atoms.